The van der Waals surface area contributed by atoms with Crippen LogP contribution in [0, 0.1) is 17.2 Å². The van der Waals surface area contributed by atoms with Gasteiger partial charge in [-0.25, -0.2) is 0 Å². The molecule has 0 aliphatic heterocycles. The Morgan fingerprint density at radius 2 is 2.07 bits per heavy atom. The van der Waals surface area contributed by atoms with Gasteiger partial charge >= 0.3 is 0 Å². The fourth-order valence-electron chi connectivity index (χ4n) is 0.854. The van der Waals surface area contributed by atoms with Gasteiger partial charge in [0.1, 0.15) is 0 Å². The van der Waals surface area contributed by atoms with Gasteiger partial charge in [-0.05, 0) is 12.8 Å². The Labute approximate surface area is 85.7 Å². The maximum Gasteiger partial charge on any atom is 0.221 e. The molecule has 0 aromatic rings. The fraction of sp³-hybridized carbons (Fsp3) is 0.800. The molecule has 0 aliphatic rings. The maximum absolute atomic E-state index is 11.2. The minimum absolute atomic E-state index is 0.0383. The first-order valence-electron chi connectivity index (χ1n) is 4.96. The van der Waals surface area contributed by atoms with Crippen LogP contribution >= 0.6 is 0 Å². The highest BCUT2D eigenvalue weighted by molar-refractivity contribution is 5.76. The Hall–Kier alpha value is -1.08. The highest BCUT2D eigenvalue weighted by Gasteiger charge is 2.03. The standard InChI is InChI=1S/C10H19N3O/c1-8(2)7-13-10(14)4-5-12-9(3)6-11/h8-9,12H,4-5,7H2,1-3H3,(H,13,14). The van der Waals surface area contributed by atoms with E-state index in [2.05, 4.69) is 24.5 Å². The number of amides is 1. The topological polar surface area (TPSA) is 64.9 Å². The molecular formula is C10H19N3O. The zero-order valence-corrected chi connectivity index (χ0v) is 9.13. The minimum atomic E-state index is -0.187. The first-order valence-corrected chi connectivity index (χ1v) is 4.96. The summed E-state index contributed by atoms with van der Waals surface area (Å²) in [6.07, 6.45) is 0.429. The second kappa shape index (κ2) is 7.34. The lowest BCUT2D eigenvalue weighted by Crippen LogP contribution is -2.32. The number of nitrogens with zero attached hydrogens (tertiary/aromatic N) is 1. The van der Waals surface area contributed by atoms with Gasteiger partial charge < -0.3 is 10.6 Å². The molecule has 0 radical (unpaired) electrons. The molecule has 4 heteroatoms. The first-order chi connectivity index (χ1) is 6.56. The summed E-state index contributed by atoms with van der Waals surface area (Å²) in [6, 6.07) is 1.86. The molecule has 1 amide bonds. The molecule has 14 heavy (non-hydrogen) atoms. The molecule has 1 unspecified atom stereocenters. The van der Waals surface area contributed by atoms with Gasteiger partial charge in [-0.1, -0.05) is 13.8 Å². The molecule has 0 aromatic heterocycles. The van der Waals surface area contributed by atoms with E-state index < -0.39 is 0 Å². The van der Waals surface area contributed by atoms with Crippen LogP contribution in [0.5, 0.6) is 0 Å². The van der Waals surface area contributed by atoms with Gasteiger partial charge in [0.15, 0.2) is 0 Å². The second-order valence-electron chi connectivity index (χ2n) is 3.75. The Morgan fingerprint density at radius 1 is 1.43 bits per heavy atom. The van der Waals surface area contributed by atoms with E-state index >= 15 is 0 Å². The summed E-state index contributed by atoms with van der Waals surface area (Å²) in [4.78, 5) is 11.2. The summed E-state index contributed by atoms with van der Waals surface area (Å²) in [5.41, 5.74) is 0. The molecule has 4 nitrogen and oxygen atoms in total. The van der Waals surface area contributed by atoms with Crippen LogP contribution in [0.1, 0.15) is 27.2 Å². The molecular weight excluding hydrogens is 178 g/mol. The van der Waals surface area contributed by atoms with Crippen molar-refractivity contribution in [1.82, 2.24) is 10.6 Å². The lowest BCUT2D eigenvalue weighted by Gasteiger charge is -2.08. The van der Waals surface area contributed by atoms with Gasteiger partial charge in [0.25, 0.3) is 0 Å². The molecule has 0 bridgehead atoms. The third-order valence-corrected chi connectivity index (χ3v) is 1.70. The van der Waals surface area contributed by atoms with Crippen LogP contribution < -0.4 is 10.6 Å². The molecule has 0 spiro atoms. The summed E-state index contributed by atoms with van der Waals surface area (Å²) >= 11 is 0. The number of hydrogen-bond donors (Lipinski definition) is 2. The van der Waals surface area contributed by atoms with Crippen molar-refractivity contribution in [1.29, 1.82) is 5.26 Å². The van der Waals surface area contributed by atoms with Gasteiger partial charge in [-0.2, -0.15) is 5.26 Å². The molecule has 0 fully saturated rings. The van der Waals surface area contributed by atoms with Crippen molar-refractivity contribution in [2.24, 2.45) is 5.92 Å². The monoisotopic (exact) mass is 197 g/mol. The van der Waals surface area contributed by atoms with Gasteiger partial charge in [-0.3, -0.25) is 4.79 Å². The molecule has 0 saturated heterocycles. The van der Waals surface area contributed by atoms with Crippen molar-refractivity contribution >= 4 is 5.91 Å². The van der Waals surface area contributed by atoms with E-state index in [1.54, 1.807) is 6.92 Å². The fourth-order valence-corrected chi connectivity index (χ4v) is 0.854. The van der Waals surface area contributed by atoms with Crippen LogP contribution in [-0.4, -0.2) is 25.0 Å². The molecule has 80 valence electrons. The lowest BCUT2D eigenvalue weighted by atomic mass is 10.2. The number of nitriles is 1. The van der Waals surface area contributed by atoms with Crippen LogP contribution in [0.25, 0.3) is 0 Å². The van der Waals surface area contributed by atoms with Gasteiger partial charge in [0.05, 0.1) is 12.1 Å². The van der Waals surface area contributed by atoms with E-state index in [0.717, 1.165) is 0 Å². The van der Waals surface area contributed by atoms with Crippen molar-refractivity contribution < 1.29 is 4.79 Å². The minimum Gasteiger partial charge on any atom is -0.356 e. The molecule has 2 N–H and O–H groups in total. The Bertz CT molecular complexity index is 208. The smallest absolute Gasteiger partial charge is 0.221 e. The number of carbonyl (C=O) groups is 1. The largest absolute Gasteiger partial charge is 0.356 e. The summed E-state index contributed by atoms with van der Waals surface area (Å²) in [5.74, 6) is 0.515. The van der Waals surface area contributed by atoms with Crippen molar-refractivity contribution in [3.05, 3.63) is 0 Å². The Kier molecular flexibility index (Phi) is 6.77. The van der Waals surface area contributed by atoms with E-state index in [4.69, 9.17) is 5.26 Å². The lowest BCUT2D eigenvalue weighted by molar-refractivity contribution is -0.121. The van der Waals surface area contributed by atoms with Crippen LogP contribution in [0.2, 0.25) is 0 Å². The highest BCUT2D eigenvalue weighted by atomic mass is 16.1. The molecule has 0 saturated carbocycles. The summed E-state index contributed by atoms with van der Waals surface area (Å²) in [7, 11) is 0. The SMILES string of the molecule is CC(C)CNC(=O)CCNC(C)C#N. The van der Waals surface area contributed by atoms with Gasteiger partial charge in [-0.15, -0.1) is 0 Å². The summed E-state index contributed by atoms with van der Waals surface area (Å²) in [6.45, 7) is 7.14. The van der Waals surface area contributed by atoms with E-state index in [9.17, 15) is 4.79 Å². The van der Waals surface area contributed by atoms with E-state index in [1.165, 1.54) is 0 Å². The molecule has 0 heterocycles. The zero-order chi connectivity index (χ0) is 11.0. The number of nitrogens with one attached hydrogen (secondary N) is 2. The summed E-state index contributed by atoms with van der Waals surface area (Å²) < 4.78 is 0. The second-order valence-corrected chi connectivity index (χ2v) is 3.75. The molecule has 0 rings (SSSR count). The number of hydrogen-bond acceptors (Lipinski definition) is 3. The van der Waals surface area contributed by atoms with Crippen LogP contribution in [0.4, 0.5) is 0 Å². The van der Waals surface area contributed by atoms with Crippen molar-refractivity contribution in [2.75, 3.05) is 13.1 Å². The maximum atomic E-state index is 11.2. The first kappa shape index (κ1) is 12.9. The predicted molar refractivity (Wildman–Crippen MR) is 55.5 cm³/mol. The molecule has 0 aromatic carbocycles. The van der Waals surface area contributed by atoms with Crippen LogP contribution in [-0.2, 0) is 4.79 Å². The molecule has 1 atom stereocenters. The van der Waals surface area contributed by atoms with E-state index in [-0.39, 0.29) is 11.9 Å². The number of carbonyl (C=O) groups excluding carboxylic acids is 1. The van der Waals surface area contributed by atoms with Crippen molar-refractivity contribution in [3.8, 4) is 6.07 Å². The van der Waals surface area contributed by atoms with Crippen LogP contribution in [0.15, 0.2) is 0 Å². The highest BCUT2D eigenvalue weighted by Crippen LogP contribution is 1.88. The number of rotatable bonds is 6. The van der Waals surface area contributed by atoms with Crippen LogP contribution in [0.3, 0.4) is 0 Å². The third kappa shape index (κ3) is 7.56. The van der Waals surface area contributed by atoms with E-state index in [0.29, 0.717) is 25.4 Å². The third-order valence-electron chi connectivity index (χ3n) is 1.70. The van der Waals surface area contributed by atoms with Crippen molar-refractivity contribution in [3.63, 3.8) is 0 Å². The quantitative estimate of drug-likeness (QED) is 0.657. The zero-order valence-electron chi connectivity index (χ0n) is 9.13. The van der Waals surface area contributed by atoms with E-state index in [1.807, 2.05) is 6.07 Å². The van der Waals surface area contributed by atoms with Gasteiger partial charge in [0, 0.05) is 19.5 Å². The van der Waals surface area contributed by atoms with Crippen molar-refractivity contribution in [2.45, 2.75) is 33.2 Å². The summed E-state index contributed by atoms with van der Waals surface area (Å²) in [5, 5.41) is 14.2. The van der Waals surface area contributed by atoms with Gasteiger partial charge in [0.2, 0.25) is 5.91 Å². The Balaban J connectivity index is 3.41. The average molecular weight is 197 g/mol. The predicted octanol–water partition coefficient (Wildman–Crippen LogP) is 0.650. The normalized spacial score (nSPS) is 12.2. The average Bonchev–Trinajstić information content (AvgIpc) is 2.14. The molecule has 0 aliphatic carbocycles. The Morgan fingerprint density at radius 3 is 2.57 bits per heavy atom.